The average Bonchev–Trinajstić information content (AvgIpc) is 2.12. The van der Waals surface area contributed by atoms with Gasteiger partial charge in [-0.25, -0.2) is 0 Å². The minimum atomic E-state index is -1.12. The number of carbonyl (C=O) groups is 2. The summed E-state index contributed by atoms with van der Waals surface area (Å²) in [6.07, 6.45) is 0.0393. The molecular weight excluding hydrogens is 196 g/mol. The number of phenols is 1. The highest BCUT2D eigenvalue weighted by Crippen LogP contribution is 2.42. The highest BCUT2D eigenvalue weighted by atomic mass is 16.4. The van der Waals surface area contributed by atoms with Gasteiger partial charge < -0.3 is 10.2 Å². The van der Waals surface area contributed by atoms with Crippen molar-refractivity contribution in [3.8, 4) is 5.75 Å². The lowest BCUT2D eigenvalue weighted by molar-refractivity contribution is -0.153. The molecule has 1 fully saturated rings. The van der Waals surface area contributed by atoms with E-state index in [2.05, 4.69) is 0 Å². The highest BCUT2D eigenvalue weighted by molar-refractivity contribution is 6.01. The zero-order chi connectivity index (χ0) is 11.1. The van der Waals surface area contributed by atoms with Gasteiger partial charge in [-0.3, -0.25) is 9.59 Å². The molecular formula is C11H10O4. The molecule has 15 heavy (non-hydrogen) atoms. The molecule has 0 aromatic heterocycles. The second kappa shape index (κ2) is 3.08. The molecule has 0 bridgehead atoms. The summed E-state index contributed by atoms with van der Waals surface area (Å²) >= 11 is 0. The third-order valence-electron chi connectivity index (χ3n) is 2.81. The molecule has 1 aromatic rings. The van der Waals surface area contributed by atoms with Crippen LogP contribution in [0.2, 0.25) is 0 Å². The third kappa shape index (κ3) is 1.38. The van der Waals surface area contributed by atoms with Crippen LogP contribution in [0.1, 0.15) is 18.4 Å². The molecule has 1 aliphatic rings. The summed E-state index contributed by atoms with van der Waals surface area (Å²) in [6, 6.07) is 6.08. The number of ketones is 1. The van der Waals surface area contributed by atoms with Crippen molar-refractivity contribution < 1.29 is 19.8 Å². The first kappa shape index (κ1) is 9.71. The minimum Gasteiger partial charge on any atom is -0.508 e. The number of Topliss-reactive ketones (excluding diaryl/α,β-unsaturated/α-hetero) is 1. The number of hydrogen-bond donors (Lipinski definition) is 2. The van der Waals surface area contributed by atoms with Crippen LogP contribution in [0, 0.1) is 0 Å². The Morgan fingerprint density at radius 2 is 2.00 bits per heavy atom. The molecule has 0 heterocycles. The highest BCUT2D eigenvalue weighted by Gasteiger charge is 2.51. The first-order chi connectivity index (χ1) is 7.04. The van der Waals surface area contributed by atoms with Crippen molar-refractivity contribution in [3.63, 3.8) is 0 Å². The number of aromatic hydroxyl groups is 1. The average molecular weight is 206 g/mol. The van der Waals surface area contributed by atoms with E-state index < -0.39 is 11.4 Å². The maximum atomic E-state index is 11.1. The Morgan fingerprint density at radius 1 is 1.33 bits per heavy atom. The fourth-order valence-electron chi connectivity index (χ4n) is 1.90. The molecule has 0 aliphatic heterocycles. The van der Waals surface area contributed by atoms with E-state index in [4.69, 9.17) is 5.11 Å². The summed E-state index contributed by atoms with van der Waals surface area (Å²) in [5.41, 5.74) is -0.620. The number of carboxylic acid groups (broad SMARTS) is 1. The molecule has 2 N–H and O–H groups in total. The summed E-state index contributed by atoms with van der Waals surface area (Å²) < 4.78 is 0. The number of carboxylic acids is 1. The van der Waals surface area contributed by atoms with E-state index in [1.807, 2.05) is 0 Å². The van der Waals surface area contributed by atoms with Gasteiger partial charge in [0.25, 0.3) is 0 Å². The predicted molar refractivity (Wildman–Crippen MR) is 51.7 cm³/mol. The number of benzene rings is 1. The van der Waals surface area contributed by atoms with E-state index in [1.54, 1.807) is 12.1 Å². The zero-order valence-corrected chi connectivity index (χ0v) is 7.93. The van der Waals surface area contributed by atoms with E-state index in [-0.39, 0.29) is 24.4 Å². The van der Waals surface area contributed by atoms with Crippen molar-refractivity contribution in [1.82, 2.24) is 0 Å². The van der Waals surface area contributed by atoms with Crippen LogP contribution in [0.5, 0.6) is 5.75 Å². The van der Waals surface area contributed by atoms with Gasteiger partial charge in [-0.1, -0.05) is 12.1 Å². The molecule has 0 saturated heterocycles. The van der Waals surface area contributed by atoms with Crippen molar-refractivity contribution in [3.05, 3.63) is 29.8 Å². The number of carbonyl (C=O) groups excluding carboxylic acids is 1. The lowest BCUT2D eigenvalue weighted by Crippen LogP contribution is -2.48. The Hall–Kier alpha value is -1.84. The Labute approximate surface area is 86.2 Å². The molecule has 0 amide bonds. The Morgan fingerprint density at radius 3 is 2.47 bits per heavy atom. The first-order valence-corrected chi connectivity index (χ1v) is 4.59. The maximum absolute atomic E-state index is 11.1. The summed E-state index contributed by atoms with van der Waals surface area (Å²) in [5.74, 6) is -1.04. The summed E-state index contributed by atoms with van der Waals surface area (Å²) in [6.45, 7) is 0. The van der Waals surface area contributed by atoms with Crippen molar-refractivity contribution in [2.75, 3.05) is 0 Å². The molecule has 1 aromatic carbocycles. The van der Waals surface area contributed by atoms with Crippen LogP contribution in [-0.2, 0) is 15.0 Å². The van der Waals surface area contributed by atoms with Crippen LogP contribution in [0.15, 0.2) is 24.3 Å². The minimum absolute atomic E-state index is 0.0196. The van der Waals surface area contributed by atoms with E-state index in [0.717, 1.165) is 0 Å². The van der Waals surface area contributed by atoms with Gasteiger partial charge in [0.15, 0.2) is 0 Å². The van der Waals surface area contributed by atoms with E-state index in [9.17, 15) is 14.7 Å². The van der Waals surface area contributed by atoms with Gasteiger partial charge in [-0.2, -0.15) is 0 Å². The zero-order valence-electron chi connectivity index (χ0n) is 7.93. The van der Waals surface area contributed by atoms with Crippen molar-refractivity contribution in [1.29, 1.82) is 0 Å². The molecule has 78 valence electrons. The third-order valence-corrected chi connectivity index (χ3v) is 2.81. The number of aliphatic carboxylic acids is 1. The van der Waals surface area contributed by atoms with Gasteiger partial charge in [0.05, 0.1) is 0 Å². The van der Waals surface area contributed by atoms with Crippen molar-refractivity contribution in [2.24, 2.45) is 0 Å². The first-order valence-electron chi connectivity index (χ1n) is 4.59. The van der Waals surface area contributed by atoms with Gasteiger partial charge in [0, 0.05) is 12.8 Å². The van der Waals surface area contributed by atoms with Gasteiger partial charge >= 0.3 is 5.97 Å². The summed E-state index contributed by atoms with van der Waals surface area (Å²) in [4.78, 5) is 22.1. The molecule has 0 radical (unpaired) electrons. The van der Waals surface area contributed by atoms with Crippen LogP contribution < -0.4 is 0 Å². The van der Waals surface area contributed by atoms with Gasteiger partial charge in [0.2, 0.25) is 0 Å². The molecule has 0 atom stereocenters. The van der Waals surface area contributed by atoms with Gasteiger partial charge in [0.1, 0.15) is 16.9 Å². The standard InChI is InChI=1S/C11H10O4/c12-8-3-1-2-7(4-8)11(10(14)15)5-9(13)6-11/h1-4,12H,5-6H2,(H,14,15). The van der Waals surface area contributed by atoms with Crippen LogP contribution in [-0.4, -0.2) is 22.0 Å². The fourth-order valence-corrected chi connectivity index (χ4v) is 1.90. The van der Waals surface area contributed by atoms with Gasteiger partial charge in [-0.15, -0.1) is 0 Å². The summed E-state index contributed by atoms with van der Waals surface area (Å²) in [5, 5.41) is 18.4. The molecule has 0 spiro atoms. The lowest BCUT2D eigenvalue weighted by Gasteiger charge is -2.36. The Kier molecular flexibility index (Phi) is 2.00. The van der Waals surface area contributed by atoms with E-state index >= 15 is 0 Å². The molecule has 0 unspecified atom stereocenters. The second-order valence-electron chi connectivity index (χ2n) is 3.83. The molecule has 1 aliphatic carbocycles. The Bertz CT molecular complexity index is 428. The smallest absolute Gasteiger partial charge is 0.315 e. The Balaban J connectivity index is 2.43. The molecule has 1 saturated carbocycles. The van der Waals surface area contributed by atoms with Crippen molar-refractivity contribution in [2.45, 2.75) is 18.3 Å². The molecule has 4 heteroatoms. The lowest BCUT2D eigenvalue weighted by atomic mass is 9.63. The molecule has 4 nitrogen and oxygen atoms in total. The van der Waals surface area contributed by atoms with Crippen LogP contribution in [0.3, 0.4) is 0 Å². The SMILES string of the molecule is O=C1CC(C(=O)O)(c2cccc(O)c2)C1. The number of rotatable bonds is 2. The predicted octanol–water partition coefficient (Wildman–Crippen LogP) is 1.08. The van der Waals surface area contributed by atoms with Crippen LogP contribution in [0.25, 0.3) is 0 Å². The topological polar surface area (TPSA) is 74.6 Å². The van der Waals surface area contributed by atoms with Crippen LogP contribution in [0.4, 0.5) is 0 Å². The summed E-state index contributed by atoms with van der Waals surface area (Å²) in [7, 11) is 0. The van der Waals surface area contributed by atoms with Crippen LogP contribution >= 0.6 is 0 Å². The largest absolute Gasteiger partial charge is 0.508 e. The second-order valence-corrected chi connectivity index (χ2v) is 3.83. The normalized spacial score (nSPS) is 18.3. The monoisotopic (exact) mass is 206 g/mol. The van der Waals surface area contributed by atoms with E-state index in [0.29, 0.717) is 5.56 Å². The fraction of sp³-hybridized carbons (Fsp3) is 0.273. The number of phenolic OH excluding ortho intramolecular Hbond substituents is 1. The number of hydrogen-bond acceptors (Lipinski definition) is 3. The maximum Gasteiger partial charge on any atom is 0.315 e. The van der Waals surface area contributed by atoms with E-state index in [1.165, 1.54) is 12.1 Å². The molecule has 2 rings (SSSR count). The van der Waals surface area contributed by atoms with Gasteiger partial charge in [-0.05, 0) is 17.7 Å². The quantitative estimate of drug-likeness (QED) is 0.759. The van der Waals surface area contributed by atoms with Crippen molar-refractivity contribution >= 4 is 11.8 Å².